The Morgan fingerprint density at radius 2 is 1.81 bits per heavy atom. The van der Waals surface area contributed by atoms with E-state index in [2.05, 4.69) is 19.2 Å². The van der Waals surface area contributed by atoms with E-state index in [0.29, 0.717) is 6.04 Å². The molecule has 3 heteroatoms. The number of hydrogen-bond donors (Lipinski definition) is 1. The molecular weight excluding hydrogens is 262 g/mol. The van der Waals surface area contributed by atoms with Gasteiger partial charge in [0.15, 0.2) is 0 Å². The molecule has 0 bridgehead atoms. The van der Waals surface area contributed by atoms with E-state index in [0.717, 1.165) is 42.9 Å². The molecule has 1 aliphatic carbocycles. The van der Waals surface area contributed by atoms with E-state index in [-0.39, 0.29) is 0 Å². The zero-order chi connectivity index (χ0) is 15.1. The van der Waals surface area contributed by atoms with Crippen LogP contribution < -0.4 is 14.8 Å². The number of methoxy groups -OCH3 is 1. The lowest BCUT2D eigenvalue weighted by Crippen LogP contribution is -2.41. The second-order valence-electron chi connectivity index (χ2n) is 6.21. The first kappa shape index (κ1) is 16.2. The number of rotatable bonds is 7. The maximum Gasteiger partial charge on any atom is 0.119 e. The summed E-state index contributed by atoms with van der Waals surface area (Å²) in [7, 11) is 1.68. The first-order valence-electron chi connectivity index (χ1n) is 8.21. The van der Waals surface area contributed by atoms with E-state index in [4.69, 9.17) is 9.47 Å². The maximum atomic E-state index is 5.75. The lowest BCUT2D eigenvalue weighted by molar-refractivity contribution is 0.203. The van der Waals surface area contributed by atoms with E-state index >= 15 is 0 Å². The van der Waals surface area contributed by atoms with Crippen molar-refractivity contribution in [2.75, 3.05) is 20.3 Å². The van der Waals surface area contributed by atoms with E-state index in [1.54, 1.807) is 7.11 Å². The molecule has 0 heterocycles. The molecule has 1 fully saturated rings. The Hall–Kier alpha value is -1.22. The van der Waals surface area contributed by atoms with Gasteiger partial charge in [0.25, 0.3) is 0 Å². The molecule has 3 atom stereocenters. The zero-order valence-corrected chi connectivity index (χ0v) is 13.6. The van der Waals surface area contributed by atoms with Crippen LogP contribution in [0.5, 0.6) is 11.5 Å². The molecule has 0 unspecified atom stereocenters. The standard InChI is InChI=1S/C18H29NO2/c1-14-6-4-7-18(15(14)2)19-12-5-13-21-17-10-8-16(20-3)9-11-17/h8-11,14-15,18-19H,4-7,12-13H2,1-3H3/t14-,15-,18+/m0/s1. The third-order valence-corrected chi connectivity index (χ3v) is 4.76. The van der Waals surface area contributed by atoms with Gasteiger partial charge in [-0.15, -0.1) is 0 Å². The average Bonchev–Trinajstić information content (AvgIpc) is 2.51. The average molecular weight is 291 g/mol. The summed E-state index contributed by atoms with van der Waals surface area (Å²) in [6, 6.07) is 8.46. The number of hydrogen-bond acceptors (Lipinski definition) is 3. The summed E-state index contributed by atoms with van der Waals surface area (Å²) in [4.78, 5) is 0. The van der Waals surface area contributed by atoms with Gasteiger partial charge in [-0.2, -0.15) is 0 Å². The van der Waals surface area contributed by atoms with Gasteiger partial charge < -0.3 is 14.8 Å². The first-order valence-corrected chi connectivity index (χ1v) is 8.21. The minimum Gasteiger partial charge on any atom is -0.497 e. The fourth-order valence-corrected chi connectivity index (χ4v) is 3.09. The van der Waals surface area contributed by atoms with Crippen molar-refractivity contribution in [3.05, 3.63) is 24.3 Å². The van der Waals surface area contributed by atoms with Crippen LogP contribution >= 0.6 is 0 Å². The van der Waals surface area contributed by atoms with E-state index in [9.17, 15) is 0 Å². The molecule has 3 nitrogen and oxygen atoms in total. The Morgan fingerprint density at radius 3 is 2.52 bits per heavy atom. The van der Waals surface area contributed by atoms with Crippen molar-refractivity contribution in [1.82, 2.24) is 5.32 Å². The molecule has 0 spiro atoms. The van der Waals surface area contributed by atoms with E-state index in [1.807, 2.05) is 24.3 Å². The van der Waals surface area contributed by atoms with Gasteiger partial charge in [-0.1, -0.05) is 26.7 Å². The van der Waals surface area contributed by atoms with Crippen LogP contribution in [-0.4, -0.2) is 26.3 Å². The highest BCUT2D eigenvalue weighted by atomic mass is 16.5. The molecule has 21 heavy (non-hydrogen) atoms. The summed E-state index contributed by atoms with van der Waals surface area (Å²) in [5.41, 5.74) is 0. The van der Waals surface area contributed by atoms with Crippen LogP contribution in [0.2, 0.25) is 0 Å². The predicted octanol–water partition coefficient (Wildman–Crippen LogP) is 3.88. The van der Waals surface area contributed by atoms with Crippen LogP contribution in [0.1, 0.15) is 39.5 Å². The van der Waals surface area contributed by atoms with Crippen LogP contribution in [0.4, 0.5) is 0 Å². The van der Waals surface area contributed by atoms with Gasteiger partial charge in [-0.05, 0) is 55.5 Å². The highest BCUT2D eigenvalue weighted by Crippen LogP contribution is 2.29. The SMILES string of the molecule is COc1ccc(OCCCN[C@@H]2CCC[C@H](C)[C@@H]2C)cc1. The molecule has 1 N–H and O–H groups in total. The molecule has 1 aromatic rings. The Kier molecular flexibility index (Phi) is 6.37. The van der Waals surface area contributed by atoms with Crippen LogP contribution in [0.15, 0.2) is 24.3 Å². The number of nitrogens with one attached hydrogen (secondary N) is 1. The predicted molar refractivity (Wildman–Crippen MR) is 87.1 cm³/mol. The van der Waals surface area contributed by atoms with Gasteiger partial charge in [-0.3, -0.25) is 0 Å². The van der Waals surface area contributed by atoms with Crippen molar-refractivity contribution in [3.63, 3.8) is 0 Å². The van der Waals surface area contributed by atoms with Crippen molar-refractivity contribution in [1.29, 1.82) is 0 Å². The third kappa shape index (κ3) is 4.92. The monoisotopic (exact) mass is 291 g/mol. The topological polar surface area (TPSA) is 30.5 Å². The molecule has 2 rings (SSSR count). The molecule has 118 valence electrons. The molecule has 0 aliphatic heterocycles. The Morgan fingerprint density at radius 1 is 1.10 bits per heavy atom. The van der Waals surface area contributed by atoms with Gasteiger partial charge in [0, 0.05) is 6.04 Å². The van der Waals surface area contributed by atoms with E-state index in [1.165, 1.54) is 19.3 Å². The van der Waals surface area contributed by atoms with Crippen molar-refractivity contribution in [3.8, 4) is 11.5 Å². The summed E-state index contributed by atoms with van der Waals surface area (Å²) in [6.45, 7) is 6.56. The highest BCUT2D eigenvalue weighted by molar-refractivity contribution is 5.31. The fraction of sp³-hybridized carbons (Fsp3) is 0.667. The Balaban J connectivity index is 1.61. The fourth-order valence-electron chi connectivity index (χ4n) is 3.09. The van der Waals surface area contributed by atoms with Crippen molar-refractivity contribution in [2.24, 2.45) is 11.8 Å². The van der Waals surface area contributed by atoms with Gasteiger partial charge in [0.2, 0.25) is 0 Å². The summed E-state index contributed by atoms with van der Waals surface area (Å²) in [6.07, 6.45) is 5.12. The molecular formula is C18H29NO2. The second-order valence-corrected chi connectivity index (χ2v) is 6.21. The second kappa shape index (κ2) is 8.28. The van der Waals surface area contributed by atoms with Gasteiger partial charge in [0.1, 0.15) is 11.5 Å². The number of benzene rings is 1. The first-order chi connectivity index (χ1) is 10.2. The quantitative estimate of drug-likeness (QED) is 0.773. The smallest absolute Gasteiger partial charge is 0.119 e. The van der Waals surface area contributed by atoms with E-state index < -0.39 is 0 Å². The molecule has 1 aliphatic rings. The van der Waals surface area contributed by atoms with Crippen molar-refractivity contribution in [2.45, 2.75) is 45.6 Å². The summed E-state index contributed by atoms with van der Waals surface area (Å²) < 4.78 is 10.9. The number of ether oxygens (including phenoxy) is 2. The van der Waals surface area contributed by atoms with Crippen molar-refractivity contribution < 1.29 is 9.47 Å². The van der Waals surface area contributed by atoms with Crippen molar-refractivity contribution >= 4 is 0 Å². The highest BCUT2D eigenvalue weighted by Gasteiger charge is 2.26. The van der Waals surface area contributed by atoms with Gasteiger partial charge in [-0.25, -0.2) is 0 Å². The van der Waals surface area contributed by atoms with Crippen LogP contribution in [0.3, 0.4) is 0 Å². The molecule has 0 radical (unpaired) electrons. The summed E-state index contributed by atoms with van der Waals surface area (Å²) in [5, 5.41) is 3.71. The molecule has 1 saturated carbocycles. The largest absolute Gasteiger partial charge is 0.497 e. The van der Waals surface area contributed by atoms with Crippen LogP contribution in [0, 0.1) is 11.8 Å². The summed E-state index contributed by atoms with van der Waals surface area (Å²) in [5.74, 6) is 3.42. The molecule has 0 amide bonds. The normalized spacial score (nSPS) is 25.6. The third-order valence-electron chi connectivity index (χ3n) is 4.76. The van der Waals surface area contributed by atoms with Gasteiger partial charge >= 0.3 is 0 Å². The Bertz CT molecular complexity index is 404. The van der Waals surface area contributed by atoms with Crippen LogP contribution in [-0.2, 0) is 0 Å². The summed E-state index contributed by atoms with van der Waals surface area (Å²) >= 11 is 0. The maximum absolute atomic E-state index is 5.75. The zero-order valence-electron chi connectivity index (χ0n) is 13.6. The Labute approximate surface area is 129 Å². The minimum atomic E-state index is 0.690. The molecule has 0 saturated heterocycles. The minimum absolute atomic E-state index is 0.690. The lowest BCUT2D eigenvalue weighted by atomic mass is 9.78. The van der Waals surface area contributed by atoms with Gasteiger partial charge in [0.05, 0.1) is 13.7 Å². The van der Waals surface area contributed by atoms with Crippen LogP contribution in [0.25, 0.3) is 0 Å². The molecule has 0 aromatic heterocycles. The molecule has 1 aromatic carbocycles. The lowest BCUT2D eigenvalue weighted by Gasteiger charge is -2.34.